The van der Waals surface area contributed by atoms with Gasteiger partial charge in [-0.15, -0.1) is 0 Å². The van der Waals surface area contributed by atoms with E-state index in [0.717, 1.165) is 29.8 Å². The highest BCUT2D eigenvalue weighted by Crippen LogP contribution is 2.19. The second-order valence-electron chi connectivity index (χ2n) is 3.17. The van der Waals surface area contributed by atoms with E-state index in [-0.39, 0.29) is 0 Å². The van der Waals surface area contributed by atoms with Crippen LogP contribution >= 0.6 is 0 Å². The summed E-state index contributed by atoms with van der Waals surface area (Å²) in [5, 5.41) is 17.7. The summed E-state index contributed by atoms with van der Waals surface area (Å²) in [5.41, 5.74) is 2.69. The van der Waals surface area contributed by atoms with Crippen LogP contribution in [0.2, 0.25) is 0 Å². The molecule has 0 aliphatic heterocycles. The zero-order valence-electron chi connectivity index (χ0n) is 8.41. The molecule has 0 aromatic carbocycles. The van der Waals surface area contributed by atoms with Crippen LogP contribution in [0.3, 0.4) is 0 Å². The van der Waals surface area contributed by atoms with Crippen LogP contribution in [0.15, 0.2) is 6.07 Å². The van der Waals surface area contributed by atoms with Gasteiger partial charge < -0.3 is 5.11 Å². The normalized spacial score (nSPS) is 12.9. The number of aryl methyl sites for hydroxylation is 2. The van der Waals surface area contributed by atoms with E-state index in [0.29, 0.717) is 0 Å². The molecule has 0 fully saturated rings. The Labute approximate surface area is 78.8 Å². The second kappa shape index (κ2) is 4.33. The fraction of sp³-hybridized carbons (Fsp3) is 0.600. The molecule has 1 heterocycles. The molecule has 0 bridgehead atoms. The summed E-state index contributed by atoms with van der Waals surface area (Å²) in [6.07, 6.45) is 1.14. The molecule has 1 atom stereocenters. The van der Waals surface area contributed by atoms with Crippen LogP contribution in [-0.4, -0.2) is 15.3 Å². The van der Waals surface area contributed by atoms with Gasteiger partial charge in [-0.05, 0) is 25.8 Å². The summed E-state index contributed by atoms with van der Waals surface area (Å²) in [6.45, 7) is 5.86. The molecule has 1 aromatic rings. The van der Waals surface area contributed by atoms with Crippen LogP contribution < -0.4 is 0 Å². The molecule has 0 aliphatic rings. The number of hydrogen-bond donors (Lipinski definition) is 1. The molecule has 0 spiro atoms. The highest BCUT2D eigenvalue weighted by atomic mass is 16.3. The first-order valence-corrected chi connectivity index (χ1v) is 4.70. The SMILES string of the molecule is CCc1nnc(C)cc1C(O)CC. The molecular formula is C10H16N2O. The fourth-order valence-electron chi connectivity index (χ4n) is 1.32. The topological polar surface area (TPSA) is 46.0 Å². The lowest BCUT2D eigenvalue weighted by atomic mass is 10.0. The van der Waals surface area contributed by atoms with Crippen LogP contribution in [-0.2, 0) is 6.42 Å². The first-order chi connectivity index (χ1) is 6.19. The summed E-state index contributed by atoms with van der Waals surface area (Å²) in [5.74, 6) is 0. The maximum absolute atomic E-state index is 9.70. The summed E-state index contributed by atoms with van der Waals surface area (Å²) in [7, 11) is 0. The van der Waals surface area contributed by atoms with Crippen molar-refractivity contribution in [2.24, 2.45) is 0 Å². The fourth-order valence-corrected chi connectivity index (χ4v) is 1.32. The summed E-state index contributed by atoms with van der Waals surface area (Å²) >= 11 is 0. The van der Waals surface area contributed by atoms with Crippen LogP contribution in [0.4, 0.5) is 0 Å². The van der Waals surface area contributed by atoms with E-state index in [1.54, 1.807) is 0 Å². The van der Waals surface area contributed by atoms with E-state index < -0.39 is 6.10 Å². The molecule has 1 unspecified atom stereocenters. The lowest BCUT2D eigenvalue weighted by molar-refractivity contribution is 0.171. The molecule has 0 saturated carbocycles. The van der Waals surface area contributed by atoms with Crippen LogP contribution in [0.1, 0.15) is 43.3 Å². The van der Waals surface area contributed by atoms with Gasteiger partial charge in [-0.3, -0.25) is 0 Å². The largest absolute Gasteiger partial charge is 0.388 e. The minimum atomic E-state index is -0.399. The van der Waals surface area contributed by atoms with Crippen molar-refractivity contribution in [3.8, 4) is 0 Å². The first kappa shape index (κ1) is 10.1. The van der Waals surface area contributed by atoms with E-state index in [9.17, 15) is 5.11 Å². The number of nitrogens with zero attached hydrogens (tertiary/aromatic N) is 2. The molecule has 72 valence electrons. The molecule has 0 radical (unpaired) electrons. The van der Waals surface area contributed by atoms with E-state index in [4.69, 9.17) is 0 Å². The first-order valence-electron chi connectivity index (χ1n) is 4.70. The Balaban J connectivity index is 3.07. The van der Waals surface area contributed by atoms with Gasteiger partial charge in [0.15, 0.2) is 0 Å². The third-order valence-corrected chi connectivity index (χ3v) is 2.11. The van der Waals surface area contributed by atoms with Crippen molar-refractivity contribution >= 4 is 0 Å². The van der Waals surface area contributed by atoms with Gasteiger partial charge in [-0.2, -0.15) is 10.2 Å². The van der Waals surface area contributed by atoms with Crippen molar-refractivity contribution in [2.75, 3.05) is 0 Å². The lowest BCUT2D eigenvalue weighted by Crippen LogP contribution is -2.05. The quantitative estimate of drug-likeness (QED) is 0.771. The Bertz CT molecular complexity index is 286. The van der Waals surface area contributed by atoms with E-state index >= 15 is 0 Å². The van der Waals surface area contributed by atoms with Gasteiger partial charge in [0.05, 0.1) is 17.5 Å². The average Bonchev–Trinajstić information content (AvgIpc) is 2.16. The number of aliphatic hydroxyl groups excluding tert-OH is 1. The molecule has 1 aromatic heterocycles. The number of rotatable bonds is 3. The Morgan fingerprint density at radius 2 is 2.08 bits per heavy atom. The van der Waals surface area contributed by atoms with Gasteiger partial charge in [0, 0.05) is 5.56 Å². The predicted octanol–water partition coefficient (Wildman–Crippen LogP) is 1.79. The Hall–Kier alpha value is -0.960. The summed E-state index contributed by atoms with van der Waals surface area (Å²) < 4.78 is 0. The molecular weight excluding hydrogens is 164 g/mol. The summed E-state index contributed by atoms with van der Waals surface area (Å²) in [6, 6.07) is 1.92. The smallest absolute Gasteiger partial charge is 0.0806 e. The van der Waals surface area contributed by atoms with Crippen LogP contribution in [0.5, 0.6) is 0 Å². The zero-order valence-corrected chi connectivity index (χ0v) is 8.41. The van der Waals surface area contributed by atoms with E-state index in [1.165, 1.54) is 0 Å². The Morgan fingerprint density at radius 3 is 2.62 bits per heavy atom. The molecule has 13 heavy (non-hydrogen) atoms. The average molecular weight is 180 g/mol. The van der Waals surface area contributed by atoms with Gasteiger partial charge in [0.25, 0.3) is 0 Å². The molecule has 3 heteroatoms. The third kappa shape index (κ3) is 2.25. The van der Waals surface area contributed by atoms with Gasteiger partial charge in [0.2, 0.25) is 0 Å². The Morgan fingerprint density at radius 1 is 1.38 bits per heavy atom. The highest BCUT2D eigenvalue weighted by molar-refractivity contribution is 5.23. The lowest BCUT2D eigenvalue weighted by Gasteiger charge is -2.11. The van der Waals surface area contributed by atoms with Gasteiger partial charge in [0.1, 0.15) is 0 Å². The van der Waals surface area contributed by atoms with E-state index in [2.05, 4.69) is 10.2 Å². The molecule has 1 N–H and O–H groups in total. The van der Waals surface area contributed by atoms with Crippen molar-refractivity contribution in [1.82, 2.24) is 10.2 Å². The number of aliphatic hydroxyl groups is 1. The van der Waals surface area contributed by atoms with Gasteiger partial charge in [-0.25, -0.2) is 0 Å². The predicted molar refractivity (Wildman–Crippen MR) is 51.4 cm³/mol. The summed E-state index contributed by atoms with van der Waals surface area (Å²) in [4.78, 5) is 0. The van der Waals surface area contributed by atoms with Crippen molar-refractivity contribution in [2.45, 2.75) is 39.7 Å². The minimum absolute atomic E-state index is 0.399. The van der Waals surface area contributed by atoms with Crippen LogP contribution in [0, 0.1) is 6.92 Å². The van der Waals surface area contributed by atoms with Crippen LogP contribution in [0.25, 0.3) is 0 Å². The number of hydrogen-bond acceptors (Lipinski definition) is 3. The second-order valence-corrected chi connectivity index (χ2v) is 3.17. The molecule has 0 amide bonds. The van der Waals surface area contributed by atoms with Crippen molar-refractivity contribution < 1.29 is 5.11 Å². The van der Waals surface area contributed by atoms with Crippen molar-refractivity contribution in [3.63, 3.8) is 0 Å². The van der Waals surface area contributed by atoms with E-state index in [1.807, 2.05) is 26.8 Å². The monoisotopic (exact) mass is 180 g/mol. The highest BCUT2D eigenvalue weighted by Gasteiger charge is 2.11. The Kier molecular flexibility index (Phi) is 3.37. The maximum atomic E-state index is 9.70. The van der Waals surface area contributed by atoms with Gasteiger partial charge in [-0.1, -0.05) is 13.8 Å². The standard InChI is InChI=1S/C10H16N2O/c1-4-9-8(10(13)5-2)6-7(3)11-12-9/h6,10,13H,4-5H2,1-3H3. The minimum Gasteiger partial charge on any atom is -0.388 e. The van der Waals surface area contributed by atoms with Gasteiger partial charge >= 0.3 is 0 Å². The number of aromatic nitrogens is 2. The molecule has 3 nitrogen and oxygen atoms in total. The third-order valence-electron chi connectivity index (χ3n) is 2.11. The maximum Gasteiger partial charge on any atom is 0.0806 e. The zero-order chi connectivity index (χ0) is 9.84. The molecule has 1 rings (SSSR count). The molecule has 0 saturated heterocycles. The van der Waals surface area contributed by atoms with Crippen molar-refractivity contribution in [1.29, 1.82) is 0 Å². The molecule has 0 aliphatic carbocycles. The van der Waals surface area contributed by atoms with Crippen molar-refractivity contribution in [3.05, 3.63) is 23.0 Å².